The van der Waals surface area contributed by atoms with Crippen molar-refractivity contribution in [3.63, 3.8) is 0 Å². The number of carbonyl (C=O) groups is 5. The van der Waals surface area contributed by atoms with Crippen molar-refractivity contribution in [2.24, 2.45) is 40.5 Å². The number of phenolic OH excluding ortho intramolecular Hbond substituents is 1. The summed E-state index contributed by atoms with van der Waals surface area (Å²) in [5, 5.41) is 41.7. The summed E-state index contributed by atoms with van der Waals surface area (Å²) in [5.74, 6) is -6.88. The molecule has 3 unspecified atom stereocenters. The summed E-state index contributed by atoms with van der Waals surface area (Å²) in [4.78, 5) is 80.3. The number of nitrogens with one attached hydrogen (secondary N) is 2. The third-order valence-electron chi connectivity index (χ3n) is 16.1. The number of fused-ring (bicyclic) bond motifs is 13. The van der Waals surface area contributed by atoms with E-state index in [1.54, 1.807) is 63.8 Å². The van der Waals surface area contributed by atoms with E-state index in [-0.39, 0.29) is 63.0 Å². The van der Waals surface area contributed by atoms with Gasteiger partial charge in [0.05, 0.1) is 41.0 Å². The number of ketones is 2. The number of Topliss-reactive ketones (excluding diaryl/α,β-unsaturated/α-hetero) is 2. The van der Waals surface area contributed by atoms with E-state index >= 15 is 0 Å². The van der Waals surface area contributed by atoms with Crippen molar-refractivity contribution in [1.82, 2.24) is 20.4 Å². The summed E-state index contributed by atoms with van der Waals surface area (Å²) < 4.78 is 18.6. The Morgan fingerprint density at radius 1 is 0.919 bits per heavy atom. The number of amides is 2. The molecule has 0 radical (unpaired) electrons. The molecule has 2 fully saturated rings. The third-order valence-corrected chi connectivity index (χ3v) is 16.1. The van der Waals surface area contributed by atoms with Crippen molar-refractivity contribution in [3.8, 4) is 11.5 Å². The number of benzene rings is 2. The number of carbonyl (C=O) groups excluding carboxylic acids is 5. The SMILES string of the molecule is C/C1=C/C=C/[C@H](C)[C@H](O)[C@@H](C)C(O)[C@@H](C)C(OC(=O)CC(=O)N2CCC(Cc3ccccc3)CC2)[C@H](C)C/C=C/OC2(C)Oc3c(C)c(O)c4c(c3C2=O)C2=NC3(CCN(CC(C)C)CC3)NC2=C(NC1=O)C4=O. The highest BCUT2D eigenvalue weighted by molar-refractivity contribution is 6.34. The van der Waals surface area contributed by atoms with Crippen molar-refractivity contribution in [2.75, 3.05) is 32.7 Å². The molecule has 1 spiro atoms. The lowest BCUT2D eigenvalue weighted by molar-refractivity contribution is -0.162. The van der Waals surface area contributed by atoms with Crippen LogP contribution in [0.2, 0.25) is 0 Å². The minimum atomic E-state index is -1.96. The van der Waals surface area contributed by atoms with Gasteiger partial charge in [-0.1, -0.05) is 90.1 Å². The van der Waals surface area contributed by atoms with Crippen molar-refractivity contribution < 1.29 is 53.5 Å². The molecule has 74 heavy (non-hydrogen) atoms. The molecule has 2 saturated heterocycles. The number of aliphatic imine (C=N–C) groups is 1. The molecule has 0 aromatic heterocycles. The Kier molecular flexibility index (Phi) is 16.1. The van der Waals surface area contributed by atoms with Crippen LogP contribution in [0.1, 0.15) is 131 Å². The number of hydrogen-bond acceptors (Lipinski definition) is 14. The summed E-state index contributed by atoms with van der Waals surface area (Å²) in [5.41, 5.74) is 1.05. The third kappa shape index (κ3) is 11.0. The fourth-order valence-corrected chi connectivity index (χ4v) is 11.6. The Labute approximate surface area is 435 Å². The van der Waals surface area contributed by atoms with E-state index in [2.05, 4.69) is 41.5 Å². The number of ether oxygens (including phenoxy) is 3. The van der Waals surface area contributed by atoms with Gasteiger partial charge >= 0.3 is 11.8 Å². The lowest BCUT2D eigenvalue weighted by atomic mass is 9.79. The van der Waals surface area contributed by atoms with Gasteiger partial charge in [0.25, 0.3) is 11.7 Å². The number of rotatable bonds is 7. The molecule has 2 aromatic carbocycles. The Morgan fingerprint density at radius 3 is 2.28 bits per heavy atom. The van der Waals surface area contributed by atoms with Crippen LogP contribution >= 0.6 is 0 Å². The number of allylic oxidation sites excluding steroid dienone is 5. The first kappa shape index (κ1) is 54.2. The molecule has 6 aliphatic heterocycles. The normalized spacial score (nSPS) is 30.4. The van der Waals surface area contributed by atoms with Gasteiger partial charge in [0, 0.05) is 86.9 Å². The van der Waals surface area contributed by atoms with Gasteiger partial charge in [0.2, 0.25) is 11.7 Å². The maximum absolute atomic E-state index is 14.8. The first-order valence-corrected chi connectivity index (χ1v) is 26.5. The molecule has 5 bridgehead atoms. The summed E-state index contributed by atoms with van der Waals surface area (Å²) in [7, 11) is 0. The first-order chi connectivity index (χ1) is 35.1. The molecule has 2 amide bonds. The van der Waals surface area contributed by atoms with Crippen molar-refractivity contribution in [3.05, 3.63) is 106 Å². The second kappa shape index (κ2) is 22.0. The Balaban J connectivity index is 1.08. The number of likely N-dealkylation sites (tertiary alicyclic amines) is 2. The number of piperidine rings is 2. The highest BCUT2D eigenvalue weighted by atomic mass is 16.7. The van der Waals surface area contributed by atoms with Gasteiger partial charge in [0.15, 0.2) is 0 Å². The average Bonchev–Trinajstić information content (AvgIpc) is 3.87. The lowest BCUT2D eigenvalue weighted by Gasteiger charge is -2.38. The van der Waals surface area contributed by atoms with E-state index in [1.807, 2.05) is 25.1 Å². The first-order valence-electron chi connectivity index (χ1n) is 26.5. The highest BCUT2D eigenvalue weighted by Gasteiger charge is 2.54. The van der Waals surface area contributed by atoms with E-state index in [9.17, 15) is 39.3 Å². The molecule has 6 heterocycles. The minimum absolute atomic E-state index is 0.0210. The summed E-state index contributed by atoms with van der Waals surface area (Å²) >= 11 is 0. The van der Waals surface area contributed by atoms with Crippen LogP contribution in [0.25, 0.3) is 0 Å². The second-order valence-corrected chi connectivity index (χ2v) is 22.3. The molecule has 398 valence electrons. The van der Waals surface area contributed by atoms with Gasteiger partial charge in [-0.2, -0.15) is 0 Å². The van der Waals surface area contributed by atoms with E-state index in [4.69, 9.17) is 19.2 Å². The molecule has 1 aliphatic carbocycles. The zero-order chi connectivity index (χ0) is 53.4. The number of aromatic hydroxyl groups is 1. The molecule has 7 aliphatic rings. The second-order valence-electron chi connectivity index (χ2n) is 22.3. The fraction of sp³-hybridized carbons (Fsp3) is 0.552. The van der Waals surface area contributed by atoms with Crippen LogP contribution in [0.5, 0.6) is 11.5 Å². The number of nitrogens with zero attached hydrogens (tertiary/aromatic N) is 3. The van der Waals surface area contributed by atoms with Crippen LogP contribution < -0.4 is 15.4 Å². The summed E-state index contributed by atoms with van der Waals surface area (Å²) in [6.45, 7) is 19.4. The van der Waals surface area contributed by atoms with E-state index < -0.39 is 89.0 Å². The van der Waals surface area contributed by atoms with Crippen molar-refractivity contribution in [2.45, 2.75) is 137 Å². The zero-order valence-corrected chi connectivity index (χ0v) is 44.4. The van der Waals surface area contributed by atoms with Gasteiger partial charge in [-0.15, -0.1) is 0 Å². The van der Waals surface area contributed by atoms with Crippen LogP contribution in [0.3, 0.4) is 0 Å². The molecule has 0 saturated carbocycles. The average molecular weight is 1020 g/mol. The maximum atomic E-state index is 14.8. The molecular weight excluding hydrogens is 943 g/mol. The largest absolute Gasteiger partial charge is 0.507 e. The van der Waals surface area contributed by atoms with Crippen LogP contribution in [0, 0.1) is 42.4 Å². The molecule has 16 nitrogen and oxygen atoms in total. The number of aliphatic hydroxyl groups is 2. The fourth-order valence-electron chi connectivity index (χ4n) is 11.6. The summed E-state index contributed by atoms with van der Waals surface area (Å²) in [6, 6.07) is 10.3. The summed E-state index contributed by atoms with van der Waals surface area (Å²) in [6.07, 6.45) is 8.16. The monoisotopic (exact) mass is 1020 g/mol. The zero-order valence-electron chi connectivity index (χ0n) is 44.4. The molecule has 16 heteroatoms. The number of aliphatic hydroxyl groups excluding tert-OH is 2. The minimum Gasteiger partial charge on any atom is -0.507 e. The maximum Gasteiger partial charge on any atom is 0.315 e. The quantitative estimate of drug-likeness (QED) is 0.142. The molecule has 2 aromatic rings. The number of hydrogen-bond donors (Lipinski definition) is 5. The topological polar surface area (TPSA) is 217 Å². The lowest BCUT2D eigenvalue weighted by Crippen LogP contribution is -2.50. The van der Waals surface area contributed by atoms with E-state index in [1.165, 1.54) is 18.7 Å². The standard InChI is InChI=1S/C58H75N5O11/c1-32(2)31-62-26-22-58(23-27-62)60-46-43-44-51(68)38(8)54-45(43)55(70)57(9,74-54)72-28-14-17-34(4)53(73-42(65)30-41(64)63-24-20-40(21-25-63)29-39-18-11-10-12-19-39)37(7)50(67)36(6)49(66)33(3)15-13-16-35(5)56(71)59-48(52(44)69)47(46)61-58/h10-16,18-19,28,32-34,36-37,40,49-50,53,61,66-68H,17,20-27,29-31H2,1-9H3,(H,59,71)/b15-13+,28-14+,35-16-/t33-,34+,36+,37+,49-,50?,53?,57?/m0/s1. The Bertz CT molecular complexity index is 2670. The highest BCUT2D eigenvalue weighted by Crippen LogP contribution is 2.50. The van der Waals surface area contributed by atoms with Gasteiger partial charge < -0.3 is 50.0 Å². The van der Waals surface area contributed by atoms with Gasteiger partial charge in [0.1, 0.15) is 35.4 Å². The smallest absolute Gasteiger partial charge is 0.315 e. The van der Waals surface area contributed by atoms with Gasteiger partial charge in [-0.05, 0) is 68.9 Å². The van der Waals surface area contributed by atoms with Gasteiger partial charge in [-0.3, -0.25) is 29.0 Å². The Morgan fingerprint density at radius 2 is 1.61 bits per heavy atom. The number of phenols is 1. The van der Waals surface area contributed by atoms with E-state index in [0.29, 0.717) is 50.9 Å². The Hall–Kier alpha value is -6.10. The predicted molar refractivity (Wildman–Crippen MR) is 279 cm³/mol. The molecule has 9 rings (SSSR count). The van der Waals surface area contributed by atoms with Crippen LogP contribution in [0.15, 0.2) is 82.9 Å². The predicted octanol–water partition coefficient (Wildman–Crippen LogP) is 6.84. The molecular formula is C58H75N5O11. The van der Waals surface area contributed by atoms with E-state index in [0.717, 1.165) is 25.8 Å². The van der Waals surface area contributed by atoms with Crippen LogP contribution in [-0.4, -0.2) is 123 Å². The van der Waals surface area contributed by atoms with Gasteiger partial charge in [-0.25, -0.2) is 0 Å². The van der Waals surface area contributed by atoms with Crippen molar-refractivity contribution >= 4 is 35.1 Å². The molecule has 5 N–H and O–H groups in total. The van der Waals surface area contributed by atoms with Crippen LogP contribution in [0.4, 0.5) is 0 Å². The number of esters is 1. The van der Waals surface area contributed by atoms with Crippen molar-refractivity contribution in [1.29, 1.82) is 0 Å². The molecule has 8 atom stereocenters. The van der Waals surface area contributed by atoms with Crippen LogP contribution in [-0.2, 0) is 30.3 Å².